The fourth-order valence-corrected chi connectivity index (χ4v) is 2.62. The van der Waals surface area contributed by atoms with Gasteiger partial charge in [-0.1, -0.05) is 6.42 Å². The summed E-state index contributed by atoms with van der Waals surface area (Å²) in [6, 6.07) is -3.34. The summed E-state index contributed by atoms with van der Waals surface area (Å²) in [5.41, 5.74) is 21.6. The Labute approximate surface area is 181 Å². The van der Waals surface area contributed by atoms with E-state index < -0.39 is 60.7 Å². The third-order valence-electron chi connectivity index (χ3n) is 4.35. The molecule has 3 unspecified atom stereocenters. The topological polar surface area (TPSA) is 246 Å². The molecule has 0 radical (unpaired) electrons. The molecular weight excluding hydrogens is 410 g/mol. The molecule has 0 aromatic rings. The van der Waals surface area contributed by atoms with E-state index in [1.54, 1.807) is 0 Å². The molecule has 0 saturated heterocycles. The number of primary amides is 1. The molecule has 0 aliphatic carbocycles. The zero-order valence-electron chi connectivity index (χ0n) is 17.6. The first-order valence-electron chi connectivity index (χ1n) is 10.2. The Morgan fingerprint density at radius 1 is 0.806 bits per heavy atom. The van der Waals surface area contributed by atoms with Crippen LogP contribution in [0.5, 0.6) is 0 Å². The number of carboxylic acid groups (broad SMARTS) is 1. The van der Waals surface area contributed by atoms with Gasteiger partial charge in [0.2, 0.25) is 23.6 Å². The van der Waals surface area contributed by atoms with Crippen molar-refractivity contribution in [2.24, 2.45) is 22.9 Å². The molecule has 13 nitrogen and oxygen atoms in total. The predicted molar refractivity (Wildman–Crippen MR) is 112 cm³/mol. The van der Waals surface area contributed by atoms with Crippen LogP contribution in [0.2, 0.25) is 0 Å². The lowest BCUT2D eigenvalue weighted by atomic mass is 10.1. The van der Waals surface area contributed by atoms with Crippen LogP contribution in [0.25, 0.3) is 0 Å². The van der Waals surface area contributed by atoms with Crippen molar-refractivity contribution in [3.05, 3.63) is 0 Å². The minimum Gasteiger partial charge on any atom is -0.480 e. The summed E-state index contributed by atoms with van der Waals surface area (Å²) in [5, 5.41) is 16.1. The number of hydrogen-bond acceptors (Lipinski definition) is 8. The van der Waals surface area contributed by atoms with Crippen molar-refractivity contribution in [1.82, 2.24) is 16.0 Å². The molecule has 3 atom stereocenters. The van der Waals surface area contributed by atoms with Crippen LogP contribution in [0.1, 0.15) is 44.9 Å². The average molecular weight is 446 g/mol. The highest BCUT2D eigenvalue weighted by Gasteiger charge is 2.26. The number of carbonyl (C=O) groups excluding carboxylic acids is 4. The maximum Gasteiger partial charge on any atom is 0.326 e. The molecule has 178 valence electrons. The van der Waals surface area contributed by atoms with Gasteiger partial charge in [0.1, 0.15) is 12.1 Å². The Morgan fingerprint density at radius 2 is 1.39 bits per heavy atom. The smallest absolute Gasteiger partial charge is 0.326 e. The van der Waals surface area contributed by atoms with Crippen molar-refractivity contribution in [1.29, 1.82) is 0 Å². The Balaban J connectivity index is 4.75. The molecule has 0 spiro atoms. The monoisotopic (exact) mass is 445 g/mol. The van der Waals surface area contributed by atoms with Gasteiger partial charge >= 0.3 is 5.97 Å². The molecule has 0 aromatic carbocycles. The molecule has 0 aliphatic rings. The molecule has 13 heteroatoms. The zero-order chi connectivity index (χ0) is 23.8. The minimum absolute atomic E-state index is 0.189. The standard InChI is InChI=1S/C18H35N7O6/c19-7-3-1-5-11(21)16(28)25-13(9-14(22)26)17(29)23-10-15(27)24-12(18(30)31)6-2-4-8-20/h11-13H,1-10,19-21H2,(H2,22,26)(H,23,29)(H,24,27)(H,25,28)(H,30,31). The highest BCUT2D eigenvalue weighted by Crippen LogP contribution is 2.02. The van der Waals surface area contributed by atoms with Gasteiger partial charge < -0.3 is 44.0 Å². The van der Waals surface area contributed by atoms with E-state index in [2.05, 4.69) is 16.0 Å². The number of carboxylic acids is 1. The molecule has 12 N–H and O–H groups in total. The Hall–Kier alpha value is -2.77. The summed E-state index contributed by atoms with van der Waals surface area (Å²) in [4.78, 5) is 59.0. The largest absolute Gasteiger partial charge is 0.480 e. The Kier molecular flexibility index (Phi) is 14.6. The van der Waals surface area contributed by atoms with Gasteiger partial charge in [-0.05, 0) is 45.2 Å². The van der Waals surface area contributed by atoms with Crippen LogP contribution in [0.4, 0.5) is 0 Å². The number of unbranched alkanes of at least 4 members (excludes halogenated alkanes) is 2. The van der Waals surface area contributed by atoms with E-state index in [1.807, 2.05) is 0 Å². The summed E-state index contributed by atoms with van der Waals surface area (Å²) in [6.45, 7) is 0.312. The summed E-state index contributed by atoms with van der Waals surface area (Å²) in [6.07, 6.45) is 2.47. The first-order chi connectivity index (χ1) is 14.6. The third kappa shape index (κ3) is 13.2. The highest BCUT2D eigenvalue weighted by molar-refractivity contribution is 5.95. The average Bonchev–Trinajstić information content (AvgIpc) is 2.70. The van der Waals surface area contributed by atoms with Gasteiger partial charge in [0, 0.05) is 0 Å². The van der Waals surface area contributed by atoms with Crippen LogP contribution in [0, 0.1) is 0 Å². The van der Waals surface area contributed by atoms with Crippen LogP contribution in [-0.4, -0.2) is 72.5 Å². The molecule has 31 heavy (non-hydrogen) atoms. The lowest BCUT2D eigenvalue weighted by Gasteiger charge is -2.20. The second-order valence-corrected chi connectivity index (χ2v) is 7.08. The second-order valence-electron chi connectivity index (χ2n) is 7.08. The van der Waals surface area contributed by atoms with Crippen LogP contribution in [0.3, 0.4) is 0 Å². The molecule has 0 fully saturated rings. The van der Waals surface area contributed by atoms with E-state index in [1.165, 1.54) is 0 Å². The van der Waals surface area contributed by atoms with E-state index in [0.717, 1.165) is 0 Å². The van der Waals surface area contributed by atoms with Crippen LogP contribution in [0.15, 0.2) is 0 Å². The zero-order valence-corrected chi connectivity index (χ0v) is 17.6. The number of carbonyl (C=O) groups is 5. The van der Waals surface area contributed by atoms with E-state index in [0.29, 0.717) is 45.2 Å². The van der Waals surface area contributed by atoms with Crippen LogP contribution >= 0.6 is 0 Å². The van der Waals surface area contributed by atoms with Gasteiger partial charge in [-0.25, -0.2) is 4.79 Å². The van der Waals surface area contributed by atoms with Crippen molar-refractivity contribution >= 4 is 29.6 Å². The number of nitrogens with two attached hydrogens (primary N) is 4. The van der Waals surface area contributed by atoms with Crippen LogP contribution in [-0.2, 0) is 24.0 Å². The van der Waals surface area contributed by atoms with Crippen LogP contribution < -0.4 is 38.9 Å². The number of rotatable bonds is 17. The minimum atomic E-state index is -1.32. The second kappa shape index (κ2) is 16.0. The molecular formula is C18H35N7O6. The van der Waals surface area contributed by atoms with Gasteiger partial charge in [0.25, 0.3) is 0 Å². The van der Waals surface area contributed by atoms with Crippen molar-refractivity contribution in [2.75, 3.05) is 19.6 Å². The molecule has 0 heterocycles. The lowest BCUT2D eigenvalue weighted by molar-refractivity contribution is -0.142. The molecule has 0 bridgehead atoms. The summed E-state index contributed by atoms with van der Waals surface area (Å²) >= 11 is 0. The number of nitrogens with one attached hydrogen (secondary N) is 3. The van der Waals surface area contributed by atoms with Gasteiger partial charge in [0.15, 0.2) is 0 Å². The summed E-state index contributed by atoms with van der Waals surface area (Å²) < 4.78 is 0. The van der Waals surface area contributed by atoms with E-state index in [9.17, 15) is 24.0 Å². The fourth-order valence-electron chi connectivity index (χ4n) is 2.62. The Morgan fingerprint density at radius 3 is 1.90 bits per heavy atom. The van der Waals surface area contributed by atoms with Gasteiger partial charge in [-0.3, -0.25) is 19.2 Å². The van der Waals surface area contributed by atoms with E-state index in [4.69, 9.17) is 28.0 Å². The molecule has 0 saturated carbocycles. The number of hydrogen-bond donors (Lipinski definition) is 8. The summed E-state index contributed by atoms with van der Waals surface area (Å²) in [5.74, 6) is -4.26. The third-order valence-corrected chi connectivity index (χ3v) is 4.35. The molecule has 4 amide bonds. The first kappa shape index (κ1) is 28.2. The molecule has 0 rings (SSSR count). The molecule has 0 aromatic heterocycles. The predicted octanol–water partition coefficient (Wildman–Crippen LogP) is -3.38. The Bertz CT molecular complexity index is 616. The van der Waals surface area contributed by atoms with E-state index in [-0.39, 0.29) is 6.42 Å². The normalized spacial score (nSPS) is 13.5. The van der Waals surface area contributed by atoms with E-state index >= 15 is 0 Å². The lowest BCUT2D eigenvalue weighted by Crippen LogP contribution is -2.54. The summed E-state index contributed by atoms with van der Waals surface area (Å²) in [7, 11) is 0. The van der Waals surface area contributed by atoms with Crippen molar-refractivity contribution in [3.8, 4) is 0 Å². The maximum atomic E-state index is 12.3. The SMILES string of the molecule is NCCCCC(N)C(=O)NC(CC(N)=O)C(=O)NCC(=O)NC(CCCCN)C(=O)O. The first-order valence-corrected chi connectivity index (χ1v) is 10.2. The molecule has 0 aliphatic heterocycles. The fraction of sp³-hybridized carbons (Fsp3) is 0.722. The van der Waals surface area contributed by atoms with Crippen molar-refractivity contribution in [3.63, 3.8) is 0 Å². The van der Waals surface area contributed by atoms with Crippen molar-refractivity contribution < 1.29 is 29.1 Å². The quantitative estimate of drug-likeness (QED) is 0.104. The maximum absolute atomic E-state index is 12.3. The van der Waals surface area contributed by atoms with Crippen molar-refractivity contribution in [2.45, 2.75) is 63.1 Å². The number of amides is 4. The number of aliphatic carboxylic acids is 1. The highest BCUT2D eigenvalue weighted by atomic mass is 16.4. The van der Waals surface area contributed by atoms with Gasteiger partial charge in [0.05, 0.1) is 19.0 Å². The van der Waals surface area contributed by atoms with Gasteiger partial charge in [-0.2, -0.15) is 0 Å². The van der Waals surface area contributed by atoms with Gasteiger partial charge in [-0.15, -0.1) is 0 Å².